The number of aromatic nitrogens is 3. The highest BCUT2D eigenvalue weighted by Gasteiger charge is 2.15. The smallest absolute Gasteiger partial charge is 0.258 e. The van der Waals surface area contributed by atoms with Crippen molar-refractivity contribution < 1.29 is 4.79 Å². The highest BCUT2D eigenvalue weighted by molar-refractivity contribution is 14.1. The lowest BCUT2D eigenvalue weighted by atomic mass is 10.2. The van der Waals surface area contributed by atoms with Crippen molar-refractivity contribution in [1.82, 2.24) is 20.2 Å². The molecule has 10 heteroatoms. The minimum Gasteiger partial charge on any atom is -0.298 e. The molecule has 0 bridgehead atoms. The Labute approximate surface area is 190 Å². The second-order valence-corrected chi connectivity index (χ2v) is 8.66. The van der Waals surface area contributed by atoms with Crippen molar-refractivity contribution in [2.75, 3.05) is 5.43 Å². The topological polar surface area (TPSA) is 71.8 Å². The molecule has 0 spiro atoms. The molecule has 1 aromatic heterocycles. The van der Waals surface area contributed by atoms with Crippen LogP contribution in [0.1, 0.15) is 21.7 Å². The molecule has 0 unspecified atom stereocenters. The zero-order valence-electron chi connectivity index (χ0n) is 14.6. The van der Waals surface area contributed by atoms with Crippen LogP contribution in [0.3, 0.4) is 0 Å². The van der Waals surface area contributed by atoms with Gasteiger partial charge < -0.3 is 0 Å². The van der Waals surface area contributed by atoms with Gasteiger partial charge in [0.15, 0.2) is 5.11 Å². The van der Waals surface area contributed by atoms with Crippen LogP contribution in [-0.4, -0.2) is 25.9 Å². The number of benzene rings is 2. The number of thiocarbonyl (C=S) groups is 1. The maximum absolute atomic E-state index is 12.5. The molecule has 0 fully saturated rings. The molecule has 3 aromatic rings. The van der Waals surface area contributed by atoms with Crippen molar-refractivity contribution in [1.29, 1.82) is 0 Å². The third-order valence-corrected chi connectivity index (χ3v) is 5.81. The van der Waals surface area contributed by atoms with Gasteiger partial charge in [-0.15, -0.1) is 10.2 Å². The van der Waals surface area contributed by atoms with Gasteiger partial charge in [0.25, 0.3) is 5.91 Å². The van der Waals surface area contributed by atoms with Crippen LogP contribution in [0.15, 0.2) is 53.7 Å². The maximum atomic E-state index is 12.5. The molecule has 2 aromatic carbocycles. The second-order valence-electron chi connectivity index (χ2n) is 5.66. The summed E-state index contributed by atoms with van der Waals surface area (Å²) in [6.07, 6.45) is 0. The number of carbonyl (C=O) groups is 1. The third-order valence-electron chi connectivity index (χ3n) is 3.62. The second kappa shape index (κ2) is 9.68. The predicted molar refractivity (Wildman–Crippen MR) is 124 cm³/mol. The van der Waals surface area contributed by atoms with Crippen LogP contribution in [0.2, 0.25) is 5.02 Å². The molecular formula is C18H15ClIN5OS2. The van der Waals surface area contributed by atoms with Crippen molar-refractivity contribution in [3.63, 3.8) is 0 Å². The molecule has 0 atom stereocenters. The quantitative estimate of drug-likeness (QED) is 0.283. The Balaban J connectivity index is 1.66. The summed E-state index contributed by atoms with van der Waals surface area (Å²) in [4.78, 5) is 12.5. The van der Waals surface area contributed by atoms with E-state index in [9.17, 15) is 4.79 Å². The van der Waals surface area contributed by atoms with Gasteiger partial charge in [-0.1, -0.05) is 53.7 Å². The molecule has 0 aliphatic carbocycles. The molecule has 3 rings (SSSR count). The lowest BCUT2D eigenvalue weighted by molar-refractivity contribution is 0.0977. The minimum atomic E-state index is -0.384. The lowest BCUT2D eigenvalue weighted by Crippen LogP contribution is -2.38. The highest BCUT2D eigenvalue weighted by atomic mass is 127. The summed E-state index contributed by atoms with van der Waals surface area (Å²) in [5.74, 6) is 0.974. The Morgan fingerprint density at radius 3 is 2.75 bits per heavy atom. The summed E-state index contributed by atoms with van der Waals surface area (Å²) in [6, 6.07) is 15.3. The number of hydrogen-bond donors (Lipinski definition) is 2. The van der Waals surface area contributed by atoms with E-state index in [1.165, 1.54) is 17.3 Å². The zero-order valence-corrected chi connectivity index (χ0v) is 19.2. The molecule has 1 amide bonds. The summed E-state index contributed by atoms with van der Waals surface area (Å²) >= 11 is 15.0. The molecule has 2 N–H and O–H groups in total. The zero-order chi connectivity index (χ0) is 20.1. The average molecular weight is 544 g/mol. The Morgan fingerprint density at radius 1 is 1.25 bits per heavy atom. The minimum absolute atomic E-state index is 0.129. The third kappa shape index (κ3) is 5.43. The van der Waals surface area contributed by atoms with E-state index < -0.39 is 0 Å². The molecule has 0 aliphatic rings. The van der Waals surface area contributed by atoms with E-state index in [2.05, 4.69) is 43.5 Å². The maximum Gasteiger partial charge on any atom is 0.258 e. The number of rotatable bonds is 5. The molecule has 0 radical (unpaired) electrons. The van der Waals surface area contributed by atoms with Crippen LogP contribution >= 0.6 is 58.2 Å². The first-order valence-corrected chi connectivity index (χ1v) is 10.9. The standard InChI is InChI=1S/C18H15ClIN5OS2/c1-11-22-23-18(28-10-12-5-3-2-4-6-12)25(11)24-17(27)21-16(26)14-9-13(20)7-8-15(14)19/h2-9H,10H2,1H3,(H2,21,24,26,27). The summed E-state index contributed by atoms with van der Waals surface area (Å²) < 4.78 is 2.55. The summed E-state index contributed by atoms with van der Waals surface area (Å²) in [6.45, 7) is 1.80. The number of nitrogens with one attached hydrogen (secondary N) is 2. The van der Waals surface area contributed by atoms with E-state index in [4.69, 9.17) is 23.8 Å². The monoisotopic (exact) mass is 543 g/mol. The number of nitrogens with zero attached hydrogens (tertiary/aromatic N) is 3. The van der Waals surface area contributed by atoms with Gasteiger partial charge in [0.1, 0.15) is 5.82 Å². The van der Waals surface area contributed by atoms with Crippen molar-refractivity contribution in [2.45, 2.75) is 17.8 Å². The molecule has 28 heavy (non-hydrogen) atoms. The number of thioether (sulfide) groups is 1. The predicted octanol–water partition coefficient (Wildman–Crippen LogP) is 4.40. The van der Waals surface area contributed by atoms with E-state index in [0.717, 1.165) is 9.32 Å². The van der Waals surface area contributed by atoms with Gasteiger partial charge in [0, 0.05) is 9.32 Å². The van der Waals surface area contributed by atoms with E-state index in [1.807, 2.05) is 36.4 Å². The Kier molecular flexibility index (Phi) is 7.27. The first-order chi connectivity index (χ1) is 13.4. The van der Waals surface area contributed by atoms with Gasteiger partial charge in [0.05, 0.1) is 10.6 Å². The number of amides is 1. The number of aryl methyl sites for hydroxylation is 1. The highest BCUT2D eigenvalue weighted by Crippen LogP contribution is 2.21. The summed E-state index contributed by atoms with van der Waals surface area (Å²) in [5, 5.41) is 12.0. The average Bonchev–Trinajstić information content (AvgIpc) is 3.02. The normalized spacial score (nSPS) is 10.5. The molecule has 0 saturated carbocycles. The summed E-state index contributed by atoms with van der Waals surface area (Å²) in [7, 11) is 0. The van der Waals surface area contributed by atoms with Gasteiger partial charge in [-0.3, -0.25) is 15.5 Å². The van der Waals surface area contributed by atoms with Gasteiger partial charge >= 0.3 is 0 Å². The van der Waals surface area contributed by atoms with Crippen LogP contribution in [0.25, 0.3) is 0 Å². The van der Waals surface area contributed by atoms with Crippen molar-refractivity contribution in [2.24, 2.45) is 0 Å². The molecule has 144 valence electrons. The van der Waals surface area contributed by atoms with Crippen molar-refractivity contribution >= 4 is 69.2 Å². The number of carbonyl (C=O) groups excluding carboxylic acids is 1. The van der Waals surface area contributed by atoms with Gasteiger partial charge in [-0.05, 0) is 65.5 Å². The fraction of sp³-hybridized carbons (Fsp3) is 0.111. The SMILES string of the molecule is Cc1nnc(SCc2ccccc2)n1NC(=S)NC(=O)c1cc(I)ccc1Cl. The first-order valence-electron chi connectivity index (χ1n) is 8.10. The van der Waals surface area contributed by atoms with Gasteiger partial charge in [0.2, 0.25) is 5.16 Å². The van der Waals surface area contributed by atoms with Crippen LogP contribution in [0.4, 0.5) is 0 Å². The number of halogens is 2. The first kappa shape index (κ1) is 21.0. The Morgan fingerprint density at radius 2 is 2.00 bits per heavy atom. The Bertz CT molecular complexity index is 1010. The molecule has 6 nitrogen and oxygen atoms in total. The molecular weight excluding hydrogens is 529 g/mol. The van der Waals surface area contributed by atoms with Gasteiger partial charge in [-0.25, -0.2) is 4.68 Å². The van der Waals surface area contributed by atoms with Gasteiger partial charge in [-0.2, -0.15) is 0 Å². The number of hydrogen-bond acceptors (Lipinski definition) is 5. The van der Waals surface area contributed by atoms with Crippen molar-refractivity contribution in [3.05, 3.63) is 74.1 Å². The lowest BCUT2D eigenvalue weighted by Gasteiger charge is -2.13. The largest absolute Gasteiger partial charge is 0.298 e. The fourth-order valence-corrected chi connectivity index (χ4v) is 4.03. The summed E-state index contributed by atoms with van der Waals surface area (Å²) in [5.41, 5.74) is 4.48. The molecule has 0 saturated heterocycles. The van der Waals surface area contributed by atoms with Crippen LogP contribution in [0.5, 0.6) is 0 Å². The van der Waals surface area contributed by atoms with Crippen LogP contribution < -0.4 is 10.7 Å². The fourth-order valence-electron chi connectivity index (χ4n) is 2.26. The van der Waals surface area contributed by atoms with E-state index in [-0.39, 0.29) is 11.0 Å². The molecule has 1 heterocycles. The molecule has 0 aliphatic heterocycles. The Hall–Kier alpha value is -1.69. The van der Waals surface area contributed by atoms with E-state index >= 15 is 0 Å². The van der Waals surface area contributed by atoms with Crippen LogP contribution in [0, 0.1) is 10.5 Å². The van der Waals surface area contributed by atoms with Crippen LogP contribution in [-0.2, 0) is 5.75 Å². The van der Waals surface area contributed by atoms with E-state index in [0.29, 0.717) is 21.6 Å². The van der Waals surface area contributed by atoms with Crippen molar-refractivity contribution in [3.8, 4) is 0 Å². The van der Waals surface area contributed by atoms with E-state index in [1.54, 1.807) is 23.7 Å².